The third kappa shape index (κ3) is 49.8. The van der Waals surface area contributed by atoms with Crippen LogP contribution in [0, 0.1) is 0 Å². The molecule has 0 aliphatic heterocycles. The van der Waals surface area contributed by atoms with Gasteiger partial charge in [0.1, 0.15) is 0 Å². The van der Waals surface area contributed by atoms with Crippen LogP contribution >= 0.6 is 0 Å². The van der Waals surface area contributed by atoms with Crippen LogP contribution in [0.2, 0.25) is 0 Å². The van der Waals surface area contributed by atoms with Crippen molar-refractivity contribution in [1.82, 2.24) is 5.32 Å². The first kappa shape index (κ1) is 62.3. The zero-order valence-electron chi connectivity index (χ0n) is 43.0. The Morgan fingerprint density at radius 2 is 0.734 bits per heavy atom. The average molecular weight is 903 g/mol. The van der Waals surface area contributed by atoms with Crippen LogP contribution in [-0.4, -0.2) is 47.4 Å². The van der Waals surface area contributed by atoms with Crippen molar-refractivity contribution in [2.24, 2.45) is 0 Å². The Bertz CT molecular complexity index is 997. The normalized spacial score (nSPS) is 12.8. The first-order valence-corrected chi connectivity index (χ1v) is 28.6. The van der Waals surface area contributed by atoms with Gasteiger partial charge in [-0.1, -0.05) is 263 Å². The lowest BCUT2D eigenvalue weighted by Crippen LogP contribution is -2.45. The molecule has 0 aromatic carbocycles. The smallest absolute Gasteiger partial charge is 0.305 e. The van der Waals surface area contributed by atoms with E-state index in [0.717, 1.165) is 57.8 Å². The van der Waals surface area contributed by atoms with Crippen molar-refractivity contribution < 1.29 is 24.5 Å². The van der Waals surface area contributed by atoms with E-state index in [0.29, 0.717) is 19.4 Å². The monoisotopic (exact) mass is 902 g/mol. The Morgan fingerprint density at radius 3 is 1.11 bits per heavy atom. The molecule has 64 heavy (non-hydrogen) atoms. The molecule has 0 aliphatic carbocycles. The van der Waals surface area contributed by atoms with Crippen LogP contribution in [-0.2, 0) is 14.3 Å². The lowest BCUT2D eigenvalue weighted by atomic mass is 10.0. The number of hydrogen-bond acceptors (Lipinski definition) is 5. The van der Waals surface area contributed by atoms with Gasteiger partial charge in [-0.2, -0.15) is 0 Å². The van der Waals surface area contributed by atoms with Gasteiger partial charge in [-0.25, -0.2) is 0 Å². The van der Waals surface area contributed by atoms with E-state index in [1.165, 1.54) is 225 Å². The van der Waals surface area contributed by atoms with Gasteiger partial charge in [0.25, 0.3) is 0 Å². The molecule has 6 nitrogen and oxygen atoms in total. The fourth-order valence-corrected chi connectivity index (χ4v) is 8.81. The number of hydrogen-bond donors (Lipinski definition) is 3. The molecular formula is C58H111NO5. The summed E-state index contributed by atoms with van der Waals surface area (Å²) in [6.45, 7) is 4.89. The number of aliphatic hydroxyl groups is 2. The molecule has 3 N–H and O–H groups in total. The lowest BCUT2D eigenvalue weighted by Gasteiger charge is -2.20. The number of esters is 1. The molecule has 0 spiro atoms. The minimum absolute atomic E-state index is 0.0105. The number of carbonyl (C=O) groups is 2. The molecule has 2 unspecified atom stereocenters. The number of amides is 1. The van der Waals surface area contributed by atoms with Crippen LogP contribution in [0.25, 0.3) is 0 Å². The van der Waals surface area contributed by atoms with Crippen molar-refractivity contribution in [3.63, 3.8) is 0 Å². The summed E-state index contributed by atoms with van der Waals surface area (Å²) in [5.41, 5.74) is 0. The number of ether oxygens (including phenoxy) is 1. The summed E-state index contributed by atoms with van der Waals surface area (Å²) in [6.07, 6.45) is 64.7. The Labute approximate surface area is 399 Å². The van der Waals surface area contributed by atoms with Gasteiger partial charge in [0.2, 0.25) is 5.91 Å². The third-order valence-corrected chi connectivity index (χ3v) is 13.2. The van der Waals surface area contributed by atoms with Gasteiger partial charge in [0.05, 0.1) is 25.4 Å². The first-order chi connectivity index (χ1) is 31.5. The molecule has 0 rings (SSSR count). The highest BCUT2D eigenvalue weighted by molar-refractivity contribution is 5.76. The van der Waals surface area contributed by atoms with E-state index < -0.39 is 12.1 Å². The van der Waals surface area contributed by atoms with Crippen LogP contribution in [0.3, 0.4) is 0 Å². The largest absolute Gasteiger partial charge is 0.466 e. The summed E-state index contributed by atoms with van der Waals surface area (Å²) < 4.78 is 5.47. The summed E-state index contributed by atoms with van der Waals surface area (Å²) in [5.74, 6) is -0.0876. The van der Waals surface area contributed by atoms with E-state index in [4.69, 9.17) is 4.74 Å². The zero-order chi connectivity index (χ0) is 46.5. The quantitative estimate of drug-likeness (QED) is 0.0321. The molecule has 0 bridgehead atoms. The molecule has 378 valence electrons. The predicted molar refractivity (Wildman–Crippen MR) is 278 cm³/mol. The maximum Gasteiger partial charge on any atom is 0.305 e. The van der Waals surface area contributed by atoms with Crippen LogP contribution in [0.4, 0.5) is 0 Å². The molecule has 0 aliphatic rings. The second-order valence-electron chi connectivity index (χ2n) is 19.6. The van der Waals surface area contributed by atoms with Gasteiger partial charge >= 0.3 is 5.97 Å². The highest BCUT2D eigenvalue weighted by atomic mass is 16.5. The number of rotatable bonds is 53. The number of nitrogens with one attached hydrogen (secondary N) is 1. The number of carbonyl (C=O) groups excluding carboxylic acids is 2. The minimum atomic E-state index is -0.852. The summed E-state index contributed by atoms with van der Waals surface area (Å²) in [7, 11) is 0. The van der Waals surface area contributed by atoms with Gasteiger partial charge in [-0.05, 0) is 57.8 Å². The van der Waals surface area contributed by atoms with Crippen molar-refractivity contribution in [1.29, 1.82) is 0 Å². The summed E-state index contributed by atoms with van der Waals surface area (Å²) in [4.78, 5) is 24.5. The van der Waals surface area contributed by atoms with E-state index in [1.54, 1.807) is 6.08 Å². The van der Waals surface area contributed by atoms with E-state index in [-0.39, 0.29) is 18.5 Å². The maximum absolute atomic E-state index is 12.5. The fourth-order valence-electron chi connectivity index (χ4n) is 8.81. The molecule has 6 heteroatoms. The minimum Gasteiger partial charge on any atom is -0.466 e. The maximum atomic E-state index is 12.5. The van der Waals surface area contributed by atoms with Crippen molar-refractivity contribution >= 4 is 11.9 Å². The predicted octanol–water partition coefficient (Wildman–Crippen LogP) is 17.5. The van der Waals surface area contributed by atoms with Crippen LogP contribution in [0.15, 0.2) is 24.3 Å². The third-order valence-electron chi connectivity index (χ3n) is 13.2. The molecule has 1 amide bonds. The molecular weight excluding hydrogens is 791 g/mol. The Kier molecular flexibility index (Phi) is 52.6. The Hall–Kier alpha value is -1.66. The molecule has 2 atom stereocenters. The molecule has 0 saturated heterocycles. The summed E-state index contributed by atoms with van der Waals surface area (Å²) in [6, 6.07) is -0.636. The van der Waals surface area contributed by atoms with Gasteiger partial charge in [0.15, 0.2) is 0 Å². The van der Waals surface area contributed by atoms with Crippen LogP contribution < -0.4 is 5.32 Å². The molecule has 0 fully saturated rings. The fraction of sp³-hybridized carbons (Fsp3) is 0.897. The molecule has 0 aromatic rings. The van der Waals surface area contributed by atoms with E-state index in [2.05, 4.69) is 31.3 Å². The zero-order valence-corrected chi connectivity index (χ0v) is 43.0. The van der Waals surface area contributed by atoms with Crippen LogP contribution in [0.5, 0.6) is 0 Å². The van der Waals surface area contributed by atoms with Gasteiger partial charge in [0, 0.05) is 12.8 Å². The second kappa shape index (κ2) is 54.0. The number of allylic oxidation sites excluding steroid dienone is 3. The summed E-state index contributed by atoms with van der Waals surface area (Å²) in [5, 5.41) is 23.1. The standard InChI is InChI=1S/C58H111NO5/c1-3-5-7-9-11-13-15-17-19-21-22-26-30-34-38-42-46-50-56(61)55(54-60)59-57(62)51-47-43-39-35-31-27-24-25-29-33-37-41-45-49-53-64-58(63)52-48-44-40-36-32-28-23-20-18-16-14-12-10-8-6-4-2/h20,23,46,50,55-56,60-61H,3-19,21-22,24-45,47-49,51-54H2,1-2H3,(H,59,62)/b23-20-,50-46+. The molecule has 0 saturated carbocycles. The van der Waals surface area contributed by atoms with E-state index in [9.17, 15) is 19.8 Å². The number of aliphatic hydroxyl groups excluding tert-OH is 2. The number of unbranched alkanes of at least 4 members (excludes halogenated alkanes) is 40. The first-order valence-electron chi connectivity index (χ1n) is 28.6. The van der Waals surface area contributed by atoms with E-state index >= 15 is 0 Å². The second-order valence-corrected chi connectivity index (χ2v) is 19.6. The lowest BCUT2D eigenvalue weighted by molar-refractivity contribution is -0.143. The molecule has 0 heterocycles. The molecule has 0 aromatic heterocycles. The average Bonchev–Trinajstić information content (AvgIpc) is 3.29. The van der Waals surface area contributed by atoms with E-state index in [1.807, 2.05) is 6.08 Å². The van der Waals surface area contributed by atoms with Gasteiger partial charge < -0.3 is 20.3 Å². The Morgan fingerprint density at radius 1 is 0.422 bits per heavy atom. The van der Waals surface area contributed by atoms with Crippen molar-refractivity contribution in [3.8, 4) is 0 Å². The topological polar surface area (TPSA) is 95.9 Å². The van der Waals surface area contributed by atoms with Crippen molar-refractivity contribution in [2.75, 3.05) is 13.2 Å². The summed E-state index contributed by atoms with van der Waals surface area (Å²) >= 11 is 0. The highest BCUT2D eigenvalue weighted by Gasteiger charge is 2.18. The van der Waals surface area contributed by atoms with Crippen LogP contribution in [0.1, 0.15) is 309 Å². The van der Waals surface area contributed by atoms with Crippen molar-refractivity contribution in [3.05, 3.63) is 24.3 Å². The van der Waals surface area contributed by atoms with Gasteiger partial charge in [-0.15, -0.1) is 0 Å². The van der Waals surface area contributed by atoms with Crippen molar-refractivity contribution in [2.45, 2.75) is 321 Å². The Balaban J connectivity index is 3.47. The molecule has 0 radical (unpaired) electrons. The van der Waals surface area contributed by atoms with Gasteiger partial charge in [-0.3, -0.25) is 9.59 Å². The SMILES string of the molecule is CCCCCCCCC/C=C\CCCCCCCC(=O)OCCCCCCCCCCCCCCCCC(=O)NC(CO)C(O)/C=C/CCCCCCCCCCCCCCCCC. The highest BCUT2D eigenvalue weighted by Crippen LogP contribution is 2.17.